The fourth-order valence-corrected chi connectivity index (χ4v) is 1.22. The summed E-state index contributed by atoms with van der Waals surface area (Å²) in [4.78, 5) is 10.4. The maximum absolute atomic E-state index is 12.1. The van der Waals surface area contributed by atoms with Gasteiger partial charge in [-0.1, -0.05) is 34.2 Å². The summed E-state index contributed by atoms with van der Waals surface area (Å²) in [6.45, 7) is 0. The lowest BCUT2D eigenvalue weighted by atomic mass is 9.97. The van der Waals surface area contributed by atoms with Gasteiger partial charge in [0, 0.05) is 0 Å². The van der Waals surface area contributed by atoms with Crippen LogP contribution in [0, 0.1) is 0 Å². The Hall–Kier alpha value is -0.580. The fraction of sp³-hybridized carbons (Fsp3) is 0.375. The van der Waals surface area contributed by atoms with E-state index in [2.05, 4.69) is 15.9 Å². The summed E-state index contributed by atoms with van der Waals surface area (Å²) in [5, 5.41) is 0. The number of rotatable bonds is 1. The van der Waals surface area contributed by atoms with E-state index in [9.17, 15) is 18.0 Å². The summed E-state index contributed by atoms with van der Waals surface area (Å²) in [6, 6.07) is 0. The molecule has 0 radical (unpaired) electrons. The first-order valence-corrected chi connectivity index (χ1v) is 4.28. The highest BCUT2D eigenvalue weighted by Crippen LogP contribution is 2.34. The third kappa shape index (κ3) is 2.43. The van der Waals surface area contributed by atoms with E-state index in [-0.39, 0.29) is 6.42 Å². The Balaban J connectivity index is 2.82. The fourth-order valence-electron chi connectivity index (χ4n) is 0.928. The highest BCUT2D eigenvalue weighted by Gasteiger charge is 2.35. The van der Waals surface area contributed by atoms with Gasteiger partial charge in [0.15, 0.2) is 0 Å². The minimum Gasteiger partial charge on any atom is -0.301 e. The molecule has 13 heavy (non-hydrogen) atoms. The van der Waals surface area contributed by atoms with Crippen LogP contribution < -0.4 is 0 Å². The van der Waals surface area contributed by atoms with Gasteiger partial charge in [0.1, 0.15) is 10.6 Å². The van der Waals surface area contributed by atoms with Crippen molar-refractivity contribution in [3.8, 4) is 0 Å². The Morgan fingerprint density at radius 1 is 1.54 bits per heavy atom. The summed E-state index contributed by atoms with van der Waals surface area (Å²) < 4.78 is 35.3. The number of alkyl halides is 4. The van der Waals surface area contributed by atoms with Gasteiger partial charge in [-0.3, -0.25) is 0 Å². The molecule has 0 aromatic heterocycles. The van der Waals surface area contributed by atoms with Gasteiger partial charge in [0.25, 0.3) is 0 Å². The Morgan fingerprint density at radius 3 is 2.46 bits per heavy atom. The molecule has 0 saturated heterocycles. The van der Waals surface area contributed by atoms with Gasteiger partial charge in [0.2, 0.25) is 0 Å². The van der Waals surface area contributed by atoms with Gasteiger partial charge in [0.05, 0.1) is 5.57 Å². The molecule has 1 aliphatic rings. The SMILES string of the molecule is O=CC1(Br)C=CC(C(F)(F)F)=CC1. The van der Waals surface area contributed by atoms with Crippen molar-refractivity contribution in [3.05, 3.63) is 23.8 Å². The Bertz CT molecular complexity index is 280. The molecule has 0 aromatic carbocycles. The third-order valence-corrected chi connectivity index (χ3v) is 2.47. The van der Waals surface area contributed by atoms with Crippen molar-refractivity contribution in [3.63, 3.8) is 0 Å². The summed E-state index contributed by atoms with van der Waals surface area (Å²) in [5.41, 5.74) is -0.704. The number of hydrogen-bond acceptors (Lipinski definition) is 1. The van der Waals surface area contributed by atoms with Crippen molar-refractivity contribution < 1.29 is 18.0 Å². The lowest BCUT2D eigenvalue weighted by Crippen LogP contribution is -2.23. The normalized spacial score (nSPS) is 28.5. The summed E-state index contributed by atoms with van der Waals surface area (Å²) in [6.07, 6.45) is -0.596. The average Bonchev–Trinajstić information content (AvgIpc) is 2.04. The molecule has 1 unspecified atom stereocenters. The topological polar surface area (TPSA) is 17.1 Å². The standard InChI is InChI=1S/C8H6BrF3O/c9-7(5-13)3-1-6(2-4-7)8(10,11)12/h1-3,5H,4H2. The Kier molecular flexibility index (Phi) is 2.66. The first-order chi connectivity index (χ1) is 5.87. The van der Waals surface area contributed by atoms with Gasteiger partial charge >= 0.3 is 6.18 Å². The van der Waals surface area contributed by atoms with E-state index in [1.807, 2.05) is 0 Å². The molecule has 5 heteroatoms. The van der Waals surface area contributed by atoms with Crippen LogP contribution in [0.5, 0.6) is 0 Å². The number of carbonyl (C=O) groups is 1. The van der Waals surface area contributed by atoms with Crippen molar-refractivity contribution in [1.82, 2.24) is 0 Å². The summed E-state index contributed by atoms with van der Waals surface area (Å²) >= 11 is 3.02. The van der Waals surface area contributed by atoms with E-state index in [1.54, 1.807) is 0 Å². The maximum Gasteiger partial charge on any atom is 0.416 e. The first kappa shape index (κ1) is 10.5. The number of halogens is 4. The van der Waals surface area contributed by atoms with Crippen molar-refractivity contribution in [2.45, 2.75) is 16.9 Å². The molecule has 0 spiro atoms. The highest BCUT2D eigenvalue weighted by atomic mass is 79.9. The third-order valence-electron chi connectivity index (χ3n) is 1.70. The van der Waals surface area contributed by atoms with Crippen LogP contribution in [-0.4, -0.2) is 16.8 Å². The van der Waals surface area contributed by atoms with Crippen LogP contribution >= 0.6 is 15.9 Å². The molecule has 1 nitrogen and oxygen atoms in total. The van der Waals surface area contributed by atoms with Crippen molar-refractivity contribution >= 4 is 22.2 Å². The first-order valence-electron chi connectivity index (χ1n) is 3.49. The summed E-state index contributed by atoms with van der Waals surface area (Å²) in [5.74, 6) is 0. The second-order valence-corrected chi connectivity index (χ2v) is 4.22. The van der Waals surface area contributed by atoms with Gasteiger partial charge in [-0.15, -0.1) is 0 Å². The average molecular weight is 255 g/mol. The van der Waals surface area contributed by atoms with Crippen LogP contribution in [0.25, 0.3) is 0 Å². The van der Waals surface area contributed by atoms with Gasteiger partial charge in [-0.2, -0.15) is 13.2 Å². The Morgan fingerprint density at radius 2 is 2.15 bits per heavy atom. The molecule has 1 aliphatic carbocycles. The molecule has 0 aromatic rings. The molecule has 0 aliphatic heterocycles. The lowest BCUT2D eigenvalue weighted by Gasteiger charge is -2.20. The van der Waals surface area contributed by atoms with E-state index in [0.29, 0.717) is 6.29 Å². The van der Waals surface area contributed by atoms with Gasteiger partial charge in [-0.05, 0) is 6.42 Å². The van der Waals surface area contributed by atoms with E-state index in [4.69, 9.17) is 0 Å². The van der Waals surface area contributed by atoms with Crippen molar-refractivity contribution in [2.75, 3.05) is 0 Å². The molecular weight excluding hydrogens is 249 g/mol. The Labute approximate surface area is 81.4 Å². The highest BCUT2D eigenvalue weighted by molar-refractivity contribution is 9.10. The molecule has 0 saturated carbocycles. The van der Waals surface area contributed by atoms with Crippen LogP contribution in [0.1, 0.15) is 6.42 Å². The monoisotopic (exact) mass is 254 g/mol. The van der Waals surface area contributed by atoms with E-state index >= 15 is 0 Å². The molecule has 72 valence electrons. The van der Waals surface area contributed by atoms with Crippen LogP contribution in [-0.2, 0) is 4.79 Å². The minimum atomic E-state index is -4.33. The smallest absolute Gasteiger partial charge is 0.301 e. The van der Waals surface area contributed by atoms with Crippen LogP contribution in [0.3, 0.4) is 0 Å². The van der Waals surface area contributed by atoms with Crippen LogP contribution in [0.2, 0.25) is 0 Å². The predicted molar refractivity (Wildman–Crippen MR) is 45.6 cm³/mol. The predicted octanol–water partition coefficient (Wildman–Crippen LogP) is 2.77. The maximum atomic E-state index is 12.1. The number of carbonyl (C=O) groups excluding carboxylic acids is 1. The zero-order chi connectivity index (χ0) is 10.1. The molecule has 0 bridgehead atoms. The zero-order valence-electron chi connectivity index (χ0n) is 6.44. The lowest BCUT2D eigenvalue weighted by molar-refractivity contribution is -0.109. The molecule has 0 N–H and O–H groups in total. The summed E-state index contributed by atoms with van der Waals surface area (Å²) in [7, 11) is 0. The quantitative estimate of drug-likeness (QED) is 0.520. The van der Waals surface area contributed by atoms with E-state index < -0.39 is 16.1 Å². The second kappa shape index (κ2) is 3.29. The van der Waals surface area contributed by atoms with E-state index in [1.165, 1.54) is 6.08 Å². The molecule has 0 fully saturated rings. The molecule has 1 atom stereocenters. The minimum absolute atomic E-state index is 0.0296. The molecular formula is C8H6BrF3O. The number of aldehydes is 1. The van der Waals surface area contributed by atoms with Crippen LogP contribution in [0.15, 0.2) is 23.8 Å². The molecule has 0 amide bonds. The van der Waals surface area contributed by atoms with E-state index in [0.717, 1.165) is 12.2 Å². The molecule has 1 rings (SSSR count). The zero-order valence-corrected chi connectivity index (χ0v) is 8.02. The van der Waals surface area contributed by atoms with Crippen molar-refractivity contribution in [2.24, 2.45) is 0 Å². The van der Waals surface area contributed by atoms with Crippen LogP contribution in [0.4, 0.5) is 13.2 Å². The largest absolute Gasteiger partial charge is 0.416 e. The molecule has 0 heterocycles. The van der Waals surface area contributed by atoms with Crippen molar-refractivity contribution in [1.29, 1.82) is 0 Å². The van der Waals surface area contributed by atoms with Gasteiger partial charge < -0.3 is 4.79 Å². The van der Waals surface area contributed by atoms with Gasteiger partial charge in [-0.25, -0.2) is 0 Å². The number of allylic oxidation sites excluding steroid dienone is 4. The second-order valence-electron chi connectivity index (χ2n) is 2.74. The number of hydrogen-bond donors (Lipinski definition) is 0.